The van der Waals surface area contributed by atoms with E-state index < -0.39 is 18.0 Å². The van der Waals surface area contributed by atoms with Crippen LogP contribution in [0.3, 0.4) is 0 Å². The van der Waals surface area contributed by atoms with E-state index in [1.807, 2.05) is 0 Å². The smallest absolute Gasteiger partial charge is 0.326 e. The molecule has 0 aromatic heterocycles. The predicted octanol–water partition coefficient (Wildman–Crippen LogP) is 0.173. The maximum Gasteiger partial charge on any atom is 0.326 e. The fraction of sp³-hybridized carbons (Fsp3) is 0.667. The quantitative estimate of drug-likeness (QED) is 0.661. The van der Waals surface area contributed by atoms with Gasteiger partial charge in [-0.3, -0.25) is 9.59 Å². The molecule has 1 amide bonds. The van der Waals surface area contributed by atoms with Crippen LogP contribution in [0.2, 0.25) is 0 Å². The van der Waals surface area contributed by atoms with E-state index in [1.54, 1.807) is 6.92 Å². The van der Waals surface area contributed by atoms with Gasteiger partial charge in [-0.25, -0.2) is 4.79 Å². The molecule has 6 nitrogen and oxygen atoms in total. The lowest BCUT2D eigenvalue weighted by atomic mass is 10.2. The summed E-state index contributed by atoms with van der Waals surface area (Å²) in [5.74, 6) is -2.55. The Kier molecular flexibility index (Phi) is 5.36. The topological polar surface area (TPSA) is 94.9 Å². The van der Waals surface area contributed by atoms with E-state index >= 15 is 0 Å². The van der Waals surface area contributed by atoms with E-state index in [0.29, 0.717) is 0 Å². The Morgan fingerprint density at radius 2 is 1.80 bits per heavy atom. The highest BCUT2D eigenvalue weighted by Gasteiger charge is 2.24. The Morgan fingerprint density at radius 1 is 1.27 bits per heavy atom. The van der Waals surface area contributed by atoms with Crippen LogP contribution in [-0.2, 0) is 14.4 Å². The Morgan fingerprint density at radius 3 is 2.13 bits per heavy atom. The van der Waals surface area contributed by atoms with Crippen LogP contribution in [0.15, 0.2) is 0 Å². The summed E-state index contributed by atoms with van der Waals surface area (Å²) in [7, 11) is 0. The van der Waals surface area contributed by atoms with E-state index in [9.17, 15) is 14.4 Å². The molecular formula is C9H15NO5. The van der Waals surface area contributed by atoms with Crippen LogP contribution in [0, 0.1) is 0 Å². The van der Waals surface area contributed by atoms with Crippen molar-refractivity contribution in [2.24, 2.45) is 0 Å². The lowest BCUT2D eigenvalue weighted by Gasteiger charge is -2.25. The zero-order valence-electron chi connectivity index (χ0n) is 8.77. The molecule has 86 valence electrons. The zero-order valence-corrected chi connectivity index (χ0v) is 8.77. The van der Waals surface area contributed by atoms with Crippen LogP contribution >= 0.6 is 0 Å². The number of carbonyl (C=O) groups excluding carboxylic acids is 1. The molecule has 1 atom stereocenters. The molecule has 0 aliphatic rings. The standard InChI is InChI=1S/C9H15NO5/c1-3-7(11)10(5-4-8(12)13)6(2)9(14)15/h6H,3-5H2,1-2H3,(H,12,13)(H,14,15)/t6-/m0/s1. The Balaban J connectivity index is 4.50. The lowest BCUT2D eigenvalue weighted by Crippen LogP contribution is -2.44. The first kappa shape index (κ1) is 13.4. The molecule has 0 fully saturated rings. The number of carbonyl (C=O) groups is 3. The van der Waals surface area contributed by atoms with Gasteiger partial charge in [0.1, 0.15) is 6.04 Å². The summed E-state index contributed by atoms with van der Waals surface area (Å²) in [5, 5.41) is 17.2. The summed E-state index contributed by atoms with van der Waals surface area (Å²) < 4.78 is 0. The second kappa shape index (κ2) is 6.00. The molecule has 0 saturated carbocycles. The SMILES string of the molecule is CCC(=O)N(CCC(=O)O)[C@@H](C)C(=O)O. The van der Waals surface area contributed by atoms with Crippen molar-refractivity contribution in [2.45, 2.75) is 32.7 Å². The van der Waals surface area contributed by atoms with Crippen LogP contribution in [0.1, 0.15) is 26.7 Å². The van der Waals surface area contributed by atoms with Gasteiger partial charge in [0.05, 0.1) is 6.42 Å². The fourth-order valence-electron chi connectivity index (χ4n) is 1.09. The Hall–Kier alpha value is -1.59. The van der Waals surface area contributed by atoms with E-state index in [4.69, 9.17) is 10.2 Å². The van der Waals surface area contributed by atoms with E-state index in [1.165, 1.54) is 6.92 Å². The van der Waals surface area contributed by atoms with Gasteiger partial charge >= 0.3 is 11.9 Å². The van der Waals surface area contributed by atoms with Crippen molar-refractivity contribution in [3.8, 4) is 0 Å². The minimum absolute atomic E-state index is 0.0739. The van der Waals surface area contributed by atoms with E-state index in [2.05, 4.69) is 0 Å². The third-order valence-electron chi connectivity index (χ3n) is 2.01. The molecule has 6 heteroatoms. The van der Waals surface area contributed by atoms with Gasteiger partial charge in [0.15, 0.2) is 0 Å². The molecule has 0 unspecified atom stereocenters. The van der Waals surface area contributed by atoms with Gasteiger partial charge in [0.2, 0.25) is 5.91 Å². The van der Waals surface area contributed by atoms with E-state index in [-0.39, 0.29) is 25.3 Å². The summed E-state index contributed by atoms with van der Waals surface area (Å²) in [6.45, 7) is 2.89. The number of aliphatic carboxylic acids is 2. The van der Waals surface area contributed by atoms with Gasteiger partial charge in [-0.2, -0.15) is 0 Å². The third kappa shape index (κ3) is 4.44. The molecule has 0 bridgehead atoms. The Labute approximate surface area is 87.5 Å². The predicted molar refractivity (Wildman–Crippen MR) is 51.4 cm³/mol. The largest absolute Gasteiger partial charge is 0.481 e. The molecule has 0 aromatic carbocycles. The molecule has 15 heavy (non-hydrogen) atoms. The number of amides is 1. The first-order valence-electron chi connectivity index (χ1n) is 4.64. The molecule has 0 heterocycles. The highest BCUT2D eigenvalue weighted by molar-refractivity contribution is 5.83. The zero-order chi connectivity index (χ0) is 12.0. The third-order valence-corrected chi connectivity index (χ3v) is 2.01. The molecule has 0 rings (SSSR count). The number of carboxylic acids is 2. The number of rotatable bonds is 6. The Bertz CT molecular complexity index is 263. The maximum atomic E-state index is 11.3. The second-order valence-electron chi connectivity index (χ2n) is 3.10. The molecule has 0 saturated heterocycles. The molecule has 2 N–H and O–H groups in total. The van der Waals surface area contributed by atoms with Crippen molar-refractivity contribution in [2.75, 3.05) is 6.54 Å². The van der Waals surface area contributed by atoms with Crippen LogP contribution in [0.4, 0.5) is 0 Å². The van der Waals surface area contributed by atoms with Crippen molar-refractivity contribution in [3.63, 3.8) is 0 Å². The summed E-state index contributed by atoms with van der Waals surface area (Å²) in [4.78, 5) is 33.4. The first-order valence-corrected chi connectivity index (χ1v) is 4.64. The average molecular weight is 217 g/mol. The van der Waals surface area contributed by atoms with Gasteiger partial charge in [0, 0.05) is 13.0 Å². The van der Waals surface area contributed by atoms with Crippen LogP contribution in [-0.4, -0.2) is 45.5 Å². The van der Waals surface area contributed by atoms with Gasteiger partial charge in [0.25, 0.3) is 0 Å². The maximum absolute atomic E-state index is 11.3. The fourth-order valence-corrected chi connectivity index (χ4v) is 1.09. The monoisotopic (exact) mass is 217 g/mol. The normalized spacial score (nSPS) is 11.9. The van der Waals surface area contributed by atoms with Crippen molar-refractivity contribution < 1.29 is 24.6 Å². The summed E-state index contributed by atoms with van der Waals surface area (Å²) in [5.41, 5.74) is 0. The van der Waals surface area contributed by atoms with Crippen LogP contribution in [0.5, 0.6) is 0 Å². The molecule has 0 aliphatic heterocycles. The summed E-state index contributed by atoms with van der Waals surface area (Å²) in [6.07, 6.45) is -0.0827. The molecular weight excluding hydrogens is 202 g/mol. The minimum atomic E-state index is -1.14. The molecule has 0 spiro atoms. The number of hydrogen-bond acceptors (Lipinski definition) is 3. The van der Waals surface area contributed by atoms with Crippen molar-refractivity contribution in [1.29, 1.82) is 0 Å². The number of carboxylic acid groups (broad SMARTS) is 2. The minimum Gasteiger partial charge on any atom is -0.481 e. The van der Waals surface area contributed by atoms with Crippen molar-refractivity contribution >= 4 is 17.8 Å². The average Bonchev–Trinajstić information content (AvgIpc) is 2.16. The second-order valence-corrected chi connectivity index (χ2v) is 3.10. The highest BCUT2D eigenvalue weighted by atomic mass is 16.4. The molecule has 0 aromatic rings. The van der Waals surface area contributed by atoms with Crippen LogP contribution in [0.25, 0.3) is 0 Å². The first-order chi connectivity index (χ1) is 6.90. The molecule has 0 aliphatic carbocycles. The number of nitrogens with zero attached hydrogens (tertiary/aromatic N) is 1. The lowest BCUT2D eigenvalue weighted by molar-refractivity contribution is -0.150. The highest BCUT2D eigenvalue weighted by Crippen LogP contribution is 2.04. The van der Waals surface area contributed by atoms with Crippen molar-refractivity contribution in [3.05, 3.63) is 0 Å². The number of hydrogen-bond donors (Lipinski definition) is 2. The van der Waals surface area contributed by atoms with E-state index in [0.717, 1.165) is 4.90 Å². The summed E-state index contributed by atoms with van der Waals surface area (Å²) in [6, 6.07) is -0.989. The van der Waals surface area contributed by atoms with Crippen LogP contribution < -0.4 is 0 Å². The van der Waals surface area contributed by atoms with Gasteiger partial charge < -0.3 is 15.1 Å². The van der Waals surface area contributed by atoms with Crippen molar-refractivity contribution in [1.82, 2.24) is 4.90 Å². The van der Waals surface area contributed by atoms with Gasteiger partial charge in [-0.1, -0.05) is 6.92 Å². The van der Waals surface area contributed by atoms with Gasteiger partial charge in [-0.05, 0) is 6.92 Å². The summed E-state index contributed by atoms with van der Waals surface area (Å²) >= 11 is 0. The van der Waals surface area contributed by atoms with Gasteiger partial charge in [-0.15, -0.1) is 0 Å². The molecule has 0 radical (unpaired) electrons.